The number of nitrogens with one attached hydrogen (secondary N) is 1. The molecule has 1 aromatic heterocycles. The van der Waals surface area contributed by atoms with Crippen molar-refractivity contribution >= 4 is 12.0 Å². The highest BCUT2D eigenvalue weighted by molar-refractivity contribution is 5.91. The van der Waals surface area contributed by atoms with Gasteiger partial charge in [-0.1, -0.05) is 29.8 Å². The number of amides is 1. The van der Waals surface area contributed by atoms with Crippen LogP contribution < -0.4 is 10.1 Å². The highest BCUT2D eigenvalue weighted by atomic mass is 16.5. The number of carbonyl (C=O) groups is 1. The van der Waals surface area contributed by atoms with Gasteiger partial charge in [0.05, 0.1) is 25.0 Å². The molecule has 0 atom stereocenters. The minimum absolute atomic E-state index is 0.149. The molecule has 0 saturated carbocycles. The van der Waals surface area contributed by atoms with E-state index in [9.17, 15) is 4.79 Å². The maximum atomic E-state index is 12.0. The molecule has 0 radical (unpaired) electrons. The van der Waals surface area contributed by atoms with E-state index in [1.807, 2.05) is 67.7 Å². The lowest BCUT2D eigenvalue weighted by molar-refractivity contribution is -0.116. The quantitative estimate of drug-likeness (QED) is 0.694. The molecule has 3 rings (SSSR count). The van der Waals surface area contributed by atoms with Gasteiger partial charge in [0.2, 0.25) is 5.91 Å². The number of benzene rings is 2. The van der Waals surface area contributed by atoms with Crippen LogP contribution in [0.15, 0.2) is 66.9 Å². The van der Waals surface area contributed by atoms with Crippen molar-refractivity contribution in [2.24, 2.45) is 0 Å². The van der Waals surface area contributed by atoms with Crippen LogP contribution in [-0.4, -0.2) is 22.8 Å². The van der Waals surface area contributed by atoms with Crippen LogP contribution in [0.3, 0.4) is 0 Å². The first-order chi connectivity index (χ1) is 12.6. The molecule has 1 amide bonds. The van der Waals surface area contributed by atoms with Crippen LogP contribution in [0.1, 0.15) is 16.8 Å². The molecule has 5 heteroatoms. The van der Waals surface area contributed by atoms with Gasteiger partial charge in [-0.3, -0.25) is 4.79 Å². The highest BCUT2D eigenvalue weighted by Crippen LogP contribution is 2.14. The fraction of sp³-hybridized carbons (Fsp3) is 0.143. The first-order valence-electron chi connectivity index (χ1n) is 8.35. The van der Waals surface area contributed by atoms with Gasteiger partial charge in [0.15, 0.2) is 0 Å². The van der Waals surface area contributed by atoms with Gasteiger partial charge in [0.1, 0.15) is 5.75 Å². The molecular weight excluding hydrogens is 326 g/mol. The fourth-order valence-corrected chi connectivity index (χ4v) is 2.42. The summed E-state index contributed by atoms with van der Waals surface area (Å²) in [5.74, 6) is 0.651. The van der Waals surface area contributed by atoms with Crippen LogP contribution in [0.25, 0.3) is 11.8 Å². The zero-order valence-corrected chi connectivity index (χ0v) is 14.8. The molecule has 26 heavy (non-hydrogen) atoms. The predicted octanol–water partition coefficient (Wildman–Crippen LogP) is 3.52. The fourth-order valence-electron chi connectivity index (χ4n) is 2.42. The standard InChI is InChI=1S/C21H21N3O2/c1-16-3-5-17(6-4-16)7-12-21(25)22-15-18-13-14-24(23-18)19-8-10-20(26-2)11-9-19/h3-14H,15H2,1-2H3,(H,22,25)/b12-7+. The summed E-state index contributed by atoms with van der Waals surface area (Å²) in [6, 6.07) is 17.5. The van der Waals surface area contributed by atoms with Crippen molar-refractivity contribution in [3.63, 3.8) is 0 Å². The number of carbonyl (C=O) groups excluding carboxylic acids is 1. The van der Waals surface area contributed by atoms with E-state index in [2.05, 4.69) is 10.4 Å². The minimum Gasteiger partial charge on any atom is -0.497 e. The molecular formula is C21H21N3O2. The summed E-state index contributed by atoms with van der Waals surface area (Å²) in [5, 5.41) is 7.32. The lowest BCUT2D eigenvalue weighted by Crippen LogP contribution is -2.20. The average Bonchev–Trinajstić information content (AvgIpc) is 3.15. The number of aryl methyl sites for hydroxylation is 1. The summed E-state index contributed by atoms with van der Waals surface area (Å²) >= 11 is 0. The van der Waals surface area contributed by atoms with Crippen molar-refractivity contribution in [3.05, 3.63) is 83.7 Å². The Morgan fingerprint density at radius 2 is 1.85 bits per heavy atom. The van der Waals surface area contributed by atoms with Gasteiger partial charge in [-0.25, -0.2) is 4.68 Å². The van der Waals surface area contributed by atoms with E-state index < -0.39 is 0 Å². The van der Waals surface area contributed by atoms with Crippen LogP contribution in [-0.2, 0) is 11.3 Å². The Labute approximate surface area is 152 Å². The molecule has 132 valence electrons. The summed E-state index contributed by atoms with van der Waals surface area (Å²) in [4.78, 5) is 12.0. The van der Waals surface area contributed by atoms with Gasteiger partial charge in [0, 0.05) is 12.3 Å². The van der Waals surface area contributed by atoms with Gasteiger partial charge in [-0.2, -0.15) is 5.10 Å². The number of nitrogens with zero attached hydrogens (tertiary/aromatic N) is 2. The van der Waals surface area contributed by atoms with Gasteiger partial charge in [-0.05, 0) is 48.9 Å². The van der Waals surface area contributed by atoms with E-state index in [1.54, 1.807) is 17.9 Å². The molecule has 0 aliphatic heterocycles. The second-order valence-corrected chi connectivity index (χ2v) is 5.91. The number of rotatable bonds is 6. The Hall–Kier alpha value is -3.34. The number of hydrogen-bond donors (Lipinski definition) is 1. The SMILES string of the molecule is COc1ccc(-n2ccc(CNC(=O)/C=C/c3ccc(C)cc3)n2)cc1. The van der Waals surface area contributed by atoms with E-state index in [4.69, 9.17) is 4.74 Å². The predicted molar refractivity (Wildman–Crippen MR) is 102 cm³/mol. The lowest BCUT2D eigenvalue weighted by atomic mass is 10.1. The molecule has 0 saturated heterocycles. The molecule has 0 fully saturated rings. The van der Waals surface area contributed by atoms with E-state index in [0.717, 1.165) is 22.7 Å². The van der Waals surface area contributed by atoms with Crippen LogP contribution >= 0.6 is 0 Å². The summed E-state index contributed by atoms with van der Waals surface area (Å²) in [5.41, 5.74) is 3.91. The molecule has 1 N–H and O–H groups in total. The molecule has 0 spiro atoms. The first kappa shape index (κ1) is 17.5. The lowest BCUT2D eigenvalue weighted by Gasteiger charge is -2.03. The first-order valence-corrected chi connectivity index (χ1v) is 8.35. The molecule has 0 unspecified atom stereocenters. The van der Waals surface area contributed by atoms with Gasteiger partial charge >= 0.3 is 0 Å². The largest absolute Gasteiger partial charge is 0.497 e. The van der Waals surface area contributed by atoms with E-state index in [-0.39, 0.29) is 5.91 Å². The van der Waals surface area contributed by atoms with Crippen LogP contribution in [0.2, 0.25) is 0 Å². The Balaban J connectivity index is 1.55. The molecule has 0 aliphatic carbocycles. The third-order valence-electron chi connectivity index (χ3n) is 3.93. The minimum atomic E-state index is -0.149. The Kier molecular flexibility index (Phi) is 5.49. The maximum Gasteiger partial charge on any atom is 0.244 e. The smallest absolute Gasteiger partial charge is 0.244 e. The maximum absolute atomic E-state index is 12.0. The number of hydrogen-bond acceptors (Lipinski definition) is 3. The van der Waals surface area contributed by atoms with E-state index >= 15 is 0 Å². The van der Waals surface area contributed by atoms with Gasteiger partial charge < -0.3 is 10.1 Å². The van der Waals surface area contributed by atoms with Crippen molar-refractivity contribution in [2.45, 2.75) is 13.5 Å². The van der Waals surface area contributed by atoms with Crippen LogP contribution in [0.5, 0.6) is 5.75 Å². The zero-order valence-electron chi connectivity index (χ0n) is 14.8. The Morgan fingerprint density at radius 1 is 1.12 bits per heavy atom. The number of ether oxygens (including phenoxy) is 1. The van der Waals surface area contributed by atoms with Crippen molar-refractivity contribution in [1.82, 2.24) is 15.1 Å². The molecule has 3 aromatic rings. The van der Waals surface area contributed by atoms with Gasteiger partial charge in [0.25, 0.3) is 0 Å². The van der Waals surface area contributed by atoms with Crippen LogP contribution in [0.4, 0.5) is 0 Å². The second kappa shape index (κ2) is 8.16. The van der Waals surface area contributed by atoms with Crippen molar-refractivity contribution in [1.29, 1.82) is 0 Å². The summed E-state index contributed by atoms with van der Waals surface area (Å²) in [7, 11) is 1.64. The van der Waals surface area contributed by atoms with Crippen molar-refractivity contribution in [2.75, 3.05) is 7.11 Å². The third-order valence-corrected chi connectivity index (χ3v) is 3.93. The summed E-state index contributed by atoms with van der Waals surface area (Å²) < 4.78 is 6.92. The third kappa shape index (κ3) is 4.60. The molecule has 5 nitrogen and oxygen atoms in total. The van der Waals surface area contributed by atoms with Crippen LogP contribution in [0, 0.1) is 6.92 Å². The summed E-state index contributed by atoms with van der Waals surface area (Å²) in [6.45, 7) is 2.41. The highest BCUT2D eigenvalue weighted by Gasteiger charge is 2.03. The Bertz CT molecular complexity index is 894. The van der Waals surface area contributed by atoms with Crippen molar-refractivity contribution in [3.8, 4) is 11.4 Å². The van der Waals surface area contributed by atoms with Gasteiger partial charge in [-0.15, -0.1) is 0 Å². The average molecular weight is 347 g/mol. The number of methoxy groups -OCH3 is 1. The van der Waals surface area contributed by atoms with E-state index in [1.165, 1.54) is 11.6 Å². The second-order valence-electron chi connectivity index (χ2n) is 5.91. The normalized spacial score (nSPS) is 10.8. The Morgan fingerprint density at radius 3 is 2.54 bits per heavy atom. The topological polar surface area (TPSA) is 56.1 Å². The number of aromatic nitrogens is 2. The summed E-state index contributed by atoms with van der Waals surface area (Å²) in [6.07, 6.45) is 5.20. The molecule has 2 aromatic carbocycles. The zero-order chi connectivity index (χ0) is 18.4. The molecule has 1 heterocycles. The molecule has 0 bridgehead atoms. The van der Waals surface area contributed by atoms with E-state index in [0.29, 0.717) is 6.54 Å². The molecule has 0 aliphatic rings. The monoisotopic (exact) mass is 347 g/mol. The van der Waals surface area contributed by atoms with Crippen molar-refractivity contribution < 1.29 is 9.53 Å².